The molecular weight excluding hydrogens is 228 g/mol. The average molecular weight is 248 g/mol. The SMILES string of the molecule is CC(C)Oc1ccc(N2CC(CN)CC2=O)cc1. The maximum Gasteiger partial charge on any atom is 0.227 e. The minimum Gasteiger partial charge on any atom is -0.491 e. The van der Waals surface area contributed by atoms with Crippen molar-refractivity contribution in [2.45, 2.75) is 26.4 Å². The molecule has 2 N–H and O–H groups in total. The van der Waals surface area contributed by atoms with Crippen molar-refractivity contribution in [2.24, 2.45) is 11.7 Å². The van der Waals surface area contributed by atoms with E-state index in [1.807, 2.05) is 38.1 Å². The number of ether oxygens (including phenoxy) is 1. The number of carbonyl (C=O) groups is 1. The second-order valence-electron chi connectivity index (χ2n) is 4.97. The van der Waals surface area contributed by atoms with Gasteiger partial charge in [-0.3, -0.25) is 4.79 Å². The largest absolute Gasteiger partial charge is 0.491 e. The fourth-order valence-electron chi connectivity index (χ4n) is 2.17. The van der Waals surface area contributed by atoms with E-state index < -0.39 is 0 Å². The second-order valence-corrected chi connectivity index (χ2v) is 4.97. The molecule has 0 aliphatic carbocycles. The van der Waals surface area contributed by atoms with E-state index in [0.717, 1.165) is 18.0 Å². The van der Waals surface area contributed by atoms with Crippen LogP contribution in [-0.2, 0) is 4.79 Å². The van der Waals surface area contributed by atoms with Crippen LogP contribution in [-0.4, -0.2) is 25.1 Å². The molecule has 18 heavy (non-hydrogen) atoms. The van der Waals surface area contributed by atoms with Crippen LogP contribution in [0.15, 0.2) is 24.3 Å². The minimum atomic E-state index is 0.156. The predicted molar refractivity (Wildman–Crippen MR) is 71.7 cm³/mol. The lowest BCUT2D eigenvalue weighted by molar-refractivity contribution is -0.117. The molecule has 1 aromatic rings. The Morgan fingerprint density at radius 1 is 1.39 bits per heavy atom. The van der Waals surface area contributed by atoms with E-state index >= 15 is 0 Å². The number of amides is 1. The third-order valence-electron chi connectivity index (χ3n) is 3.06. The molecule has 4 heteroatoms. The molecule has 1 aliphatic rings. The summed E-state index contributed by atoms with van der Waals surface area (Å²) >= 11 is 0. The zero-order chi connectivity index (χ0) is 13.1. The monoisotopic (exact) mass is 248 g/mol. The first-order chi connectivity index (χ1) is 8.60. The first-order valence-electron chi connectivity index (χ1n) is 6.37. The third kappa shape index (κ3) is 2.82. The molecule has 0 aromatic heterocycles. The highest BCUT2D eigenvalue weighted by atomic mass is 16.5. The Morgan fingerprint density at radius 2 is 2.06 bits per heavy atom. The van der Waals surface area contributed by atoms with Crippen molar-refractivity contribution < 1.29 is 9.53 Å². The summed E-state index contributed by atoms with van der Waals surface area (Å²) in [6.45, 7) is 5.27. The highest BCUT2D eigenvalue weighted by Gasteiger charge is 2.29. The maximum absolute atomic E-state index is 11.8. The van der Waals surface area contributed by atoms with Gasteiger partial charge in [0.1, 0.15) is 5.75 Å². The van der Waals surface area contributed by atoms with Gasteiger partial charge in [0.05, 0.1) is 6.10 Å². The minimum absolute atomic E-state index is 0.156. The topological polar surface area (TPSA) is 55.6 Å². The van der Waals surface area contributed by atoms with Crippen LogP contribution in [0.25, 0.3) is 0 Å². The van der Waals surface area contributed by atoms with E-state index in [1.54, 1.807) is 4.90 Å². The Morgan fingerprint density at radius 3 is 2.56 bits per heavy atom. The molecule has 0 radical (unpaired) electrons. The Bertz CT molecular complexity index is 414. The number of rotatable bonds is 4. The molecule has 0 saturated carbocycles. The van der Waals surface area contributed by atoms with Crippen molar-refractivity contribution in [3.05, 3.63) is 24.3 Å². The number of hydrogen-bond donors (Lipinski definition) is 1. The third-order valence-corrected chi connectivity index (χ3v) is 3.06. The van der Waals surface area contributed by atoms with Crippen molar-refractivity contribution in [2.75, 3.05) is 18.0 Å². The van der Waals surface area contributed by atoms with Gasteiger partial charge >= 0.3 is 0 Å². The fraction of sp³-hybridized carbons (Fsp3) is 0.500. The molecule has 0 bridgehead atoms. The van der Waals surface area contributed by atoms with E-state index in [-0.39, 0.29) is 17.9 Å². The number of anilines is 1. The molecule has 1 unspecified atom stereocenters. The number of nitrogens with two attached hydrogens (primary N) is 1. The highest BCUT2D eigenvalue weighted by molar-refractivity contribution is 5.95. The predicted octanol–water partition coefficient (Wildman–Crippen LogP) is 1.79. The van der Waals surface area contributed by atoms with Crippen LogP contribution in [0.2, 0.25) is 0 Å². The van der Waals surface area contributed by atoms with E-state index in [1.165, 1.54) is 0 Å². The summed E-state index contributed by atoms with van der Waals surface area (Å²) in [6.07, 6.45) is 0.715. The zero-order valence-corrected chi connectivity index (χ0v) is 10.9. The van der Waals surface area contributed by atoms with Crippen LogP contribution in [0.4, 0.5) is 5.69 Å². The van der Waals surface area contributed by atoms with Gasteiger partial charge in [-0.2, -0.15) is 0 Å². The lowest BCUT2D eigenvalue weighted by Crippen LogP contribution is -2.25. The summed E-state index contributed by atoms with van der Waals surface area (Å²) in [5, 5.41) is 0. The van der Waals surface area contributed by atoms with E-state index in [9.17, 15) is 4.79 Å². The molecule has 1 saturated heterocycles. The molecule has 1 heterocycles. The smallest absolute Gasteiger partial charge is 0.227 e. The van der Waals surface area contributed by atoms with Gasteiger partial charge in [0.15, 0.2) is 0 Å². The van der Waals surface area contributed by atoms with Gasteiger partial charge in [0.25, 0.3) is 0 Å². The van der Waals surface area contributed by atoms with Crippen LogP contribution in [0.1, 0.15) is 20.3 Å². The maximum atomic E-state index is 11.8. The summed E-state index contributed by atoms with van der Waals surface area (Å²) in [7, 11) is 0. The fourth-order valence-corrected chi connectivity index (χ4v) is 2.17. The summed E-state index contributed by atoms with van der Waals surface area (Å²) in [6, 6.07) is 7.65. The molecule has 1 aromatic carbocycles. The number of benzene rings is 1. The first-order valence-corrected chi connectivity index (χ1v) is 6.37. The quantitative estimate of drug-likeness (QED) is 0.883. The van der Waals surface area contributed by atoms with Crippen LogP contribution < -0.4 is 15.4 Å². The van der Waals surface area contributed by atoms with Gasteiger partial charge < -0.3 is 15.4 Å². The summed E-state index contributed by atoms with van der Waals surface area (Å²) < 4.78 is 5.58. The standard InChI is InChI=1S/C14H20N2O2/c1-10(2)18-13-5-3-12(4-6-13)16-9-11(8-15)7-14(16)17/h3-6,10-11H,7-9,15H2,1-2H3. The first kappa shape index (κ1) is 12.9. The van der Waals surface area contributed by atoms with Crippen LogP contribution in [0, 0.1) is 5.92 Å². The number of nitrogens with zero attached hydrogens (tertiary/aromatic N) is 1. The summed E-state index contributed by atoms with van der Waals surface area (Å²) in [4.78, 5) is 13.6. The Labute approximate surface area is 108 Å². The lowest BCUT2D eigenvalue weighted by Gasteiger charge is -2.17. The Kier molecular flexibility index (Phi) is 3.87. The average Bonchev–Trinajstić information content (AvgIpc) is 2.71. The van der Waals surface area contributed by atoms with E-state index in [0.29, 0.717) is 13.0 Å². The van der Waals surface area contributed by atoms with Gasteiger partial charge in [-0.05, 0) is 50.6 Å². The highest BCUT2D eigenvalue weighted by Crippen LogP contribution is 2.26. The van der Waals surface area contributed by atoms with Crippen molar-refractivity contribution in [3.8, 4) is 5.75 Å². The molecule has 0 spiro atoms. The second kappa shape index (κ2) is 5.40. The van der Waals surface area contributed by atoms with Crippen molar-refractivity contribution in [3.63, 3.8) is 0 Å². The number of carbonyl (C=O) groups excluding carboxylic acids is 1. The Hall–Kier alpha value is -1.55. The van der Waals surface area contributed by atoms with Gasteiger partial charge in [-0.15, -0.1) is 0 Å². The Balaban J connectivity index is 2.08. The molecular formula is C14H20N2O2. The molecule has 1 aliphatic heterocycles. The molecule has 1 atom stereocenters. The summed E-state index contributed by atoms with van der Waals surface area (Å²) in [5.74, 6) is 1.27. The van der Waals surface area contributed by atoms with Gasteiger partial charge in [0, 0.05) is 18.7 Å². The van der Waals surface area contributed by atoms with Crippen molar-refractivity contribution >= 4 is 11.6 Å². The molecule has 1 fully saturated rings. The normalized spacial score (nSPS) is 19.7. The van der Waals surface area contributed by atoms with Gasteiger partial charge in [-0.1, -0.05) is 0 Å². The van der Waals surface area contributed by atoms with Crippen LogP contribution in [0.5, 0.6) is 5.75 Å². The molecule has 1 amide bonds. The van der Waals surface area contributed by atoms with Crippen molar-refractivity contribution in [1.29, 1.82) is 0 Å². The molecule has 98 valence electrons. The van der Waals surface area contributed by atoms with Crippen LogP contribution in [0.3, 0.4) is 0 Å². The lowest BCUT2D eigenvalue weighted by atomic mass is 10.1. The molecule has 4 nitrogen and oxygen atoms in total. The van der Waals surface area contributed by atoms with Gasteiger partial charge in [0.2, 0.25) is 5.91 Å². The molecule has 2 rings (SSSR count). The van der Waals surface area contributed by atoms with E-state index in [4.69, 9.17) is 10.5 Å². The number of hydrogen-bond acceptors (Lipinski definition) is 3. The summed E-state index contributed by atoms with van der Waals surface area (Å²) in [5.41, 5.74) is 6.54. The zero-order valence-electron chi connectivity index (χ0n) is 10.9. The van der Waals surface area contributed by atoms with E-state index in [2.05, 4.69) is 0 Å². The van der Waals surface area contributed by atoms with Crippen LogP contribution >= 0.6 is 0 Å². The van der Waals surface area contributed by atoms with Crippen molar-refractivity contribution in [1.82, 2.24) is 0 Å². The van der Waals surface area contributed by atoms with Gasteiger partial charge in [-0.25, -0.2) is 0 Å².